The number of rotatable bonds is 4. The maximum Gasteiger partial charge on any atom is 0.263 e. The molecule has 158 valence electrons. The first-order chi connectivity index (χ1) is 14.9. The predicted octanol–water partition coefficient (Wildman–Crippen LogP) is 4.86. The van der Waals surface area contributed by atoms with Crippen LogP contribution in [0.15, 0.2) is 70.2 Å². The van der Waals surface area contributed by atoms with Crippen molar-refractivity contribution < 1.29 is 4.57 Å². The quantitative estimate of drug-likeness (QED) is 0.550. The fraction of sp³-hybridized carbons (Fsp3) is 0.360. The van der Waals surface area contributed by atoms with Crippen LogP contribution in [0.4, 0.5) is 0 Å². The Morgan fingerprint density at radius 3 is 2.23 bits per heavy atom. The van der Waals surface area contributed by atoms with Gasteiger partial charge < -0.3 is 10.5 Å². The van der Waals surface area contributed by atoms with E-state index in [-0.39, 0.29) is 5.41 Å². The third-order valence-corrected chi connectivity index (χ3v) is 6.66. The number of amidine groups is 1. The normalized spacial score (nSPS) is 21.5. The number of azo groups is 1. The van der Waals surface area contributed by atoms with E-state index in [4.69, 9.17) is 10.5 Å². The van der Waals surface area contributed by atoms with Gasteiger partial charge in [0.15, 0.2) is 5.84 Å². The average molecular weight is 413 g/mol. The van der Waals surface area contributed by atoms with Crippen molar-refractivity contribution in [3.05, 3.63) is 93.9 Å². The highest BCUT2D eigenvalue weighted by atomic mass is 15.5. The van der Waals surface area contributed by atoms with Crippen LogP contribution in [0.25, 0.3) is 5.43 Å². The lowest BCUT2D eigenvalue weighted by atomic mass is 9.78. The minimum Gasteiger partial charge on any atom is -0.570 e. The van der Waals surface area contributed by atoms with Gasteiger partial charge in [0.1, 0.15) is 12.4 Å². The van der Waals surface area contributed by atoms with Crippen molar-refractivity contribution in [2.24, 2.45) is 29.4 Å². The summed E-state index contributed by atoms with van der Waals surface area (Å²) in [6, 6.07) is 14.4. The largest absolute Gasteiger partial charge is 0.570 e. The predicted molar refractivity (Wildman–Crippen MR) is 121 cm³/mol. The first-order valence-electron chi connectivity index (χ1n) is 10.8. The van der Waals surface area contributed by atoms with Crippen LogP contribution >= 0.6 is 0 Å². The second-order valence-electron chi connectivity index (χ2n) is 8.96. The van der Waals surface area contributed by atoms with Gasteiger partial charge in [0.2, 0.25) is 0 Å². The summed E-state index contributed by atoms with van der Waals surface area (Å²) in [6.45, 7) is 6.44. The molecule has 2 aromatic carbocycles. The molecule has 0 amide bonds. The molecule has 31 heavy (non-hydrogen) atoms. The van der Waals surface area contributed by atoms with E-state index in [1.54, 1.807) is 0 Å². The van der Waals surface area contributed by atoms with Gasteiger partial charge in [-0.1, -0.05) is 48.0 Å². The fourth-order valence-electron chi connectivity index (χ4n) is 5.36. The van der Waals surface area contributed by atoms with Gasteiger partial charge in [-0.3, -0.25) is 0 Å². The van der Waals surface area contributed by atoms with Crippen molar-refractivity contribution in [3.63, 3.8) is 0 Å². The number of aryl methyl sites for hydroxylation is 5. The molecular formula is C25H28N6. The Kier molecular flexibility index (Phi) is 4.36. The Bertz CT molecular complexity index is 1170. The van der Waals surface area contributed by atoms with E-state index in [0.717, 1.165) is 24.0 Å². The molecule has 6 nitrogen and oxygen atoms in total. The van der Waals surface area contributed by atoms with Gasteiger partial charge in [0.05, 0.1) is 25.2 Å². The Morgan fingerprint density at radius 2 is 1.71 bits per heavy atom. The van der Waals surface area contributed by atoms with Crippen molar-refractivity contribution in [3.8, 4) is 0 Å². The van der Waals surface area contributed by atoms with Gasteiger partial charge in [-0.05, 0) is 50.3 Å². The molecule has 1 atom stereocenters. The molecule has 1 fully saturated rings. The second kappa shape index (κ2) is 6.87. The maximum atomic E-state index is 5.01. The fourth-order valence-corrected chi connectivity index (χ4v) is 5.36. The van der Waals surface area contributed by atoms with Gasteiger partial charge >= 0.3 is 0 Å². The van der Waals surface area contributed by atoms with Crippen LogP contribution in [0.3, 0.4) is 0 Å². The molecule has 5 rings (SSSR count). The van der Waals surface area contributed by atoms with Gasteiger partial charge in [-0.2, -0.15) is 5.11 Å². The molecule has 1 aromatic heterocycles. The second-order valence-corrected chi connectivity index (χ2v) is 8.96. The highest BCUT2D eigenvalue weighted by Crippen LogP contribution is 2.64. The zero-order chi connectivity index (χ0) is 21.8. The van der Waals surface area contributed by atoms with Crippen LogP contribution in [0, 0.1) is 20.8 Å². The Labute approximate surface area is 183 Å². The average Bonchev–Trinajstić information content (AvgIpc) is 3.48. The van der Waals surface area contributed by atoms with Crippen molar-refractivity contribution in [2.75, 3.05) is 0 Å². The molecule has 2 aliphatic rings. The van der Waals surface area contributed by atoms with Crippen LogP contribution in [0.2, 0.25) is 0 Å². The Morgan fingerprint density at radius 1 is 1.03 bits per heavy atom. The summed E-state index contributed by atoms with van der Waals surface area (Å²) >= 11 is 0. The lowest BCUT2D eigenvalue weighted by Crippen LogP contribution is -2.47. The molecule has 0 spiro atoms. The van der Waals surface area contributed by atoms with E-state index >= 15 is 0 Å². The smallest absolute Gasteiger partial charge is 0.263 e. The monoisotopic (exact) mass is 412 g/mol. The highest BCUT2D eigenvalue weighted by Gasteiger charge is 2.64. The summed E-state index contributed by atoms with van der Waals surface area (Å²) in [5.74, 6) is 1.76. The molecule has 0 N–H and O–H groups in total. The zero-order valence-electron chi connectivity index (χ0n) is 18.8. The van der Waals surface area contributed by atoms with Crippen LogP contribution < -0.4 is 4.57 Å². The van der Waals surface area contributed by atoms with Crippen LogP contribution in [0.5, 0.6) is 0 Å². The lowest BCUT2D eigenvalue weighted by Gasteiger charge is -2.48. The van der Waals surface area contributed by atoms with Crippen LogP contribution in [-0.4, -0.2) is 10.4 Å². The van der Waals surface area contributed by atoms with Crippen molar-refractivity contribution in [1.29, 1.82) is 0 Å². The van der Waals surface area contributed by atoms with Crippen LogP contribution in [-0.2, 0) is 25.2 Å². The van der Waals surface area contributed by atoms with Crippen LogP contribution in [0.1, 0.15) is 46.5 Å². The lowest BCUT2D eigenvalue weighted by molar-refractivity contribution is -0.681. The molecule has 0 radical (unpaired) electrons. The number of nitrogens with zero attached hydrogens (tertiary/aromatic N) is 6. The summed E-state index contributed by atoms with van der Waals surface area (Å²) in [4.78, 5) is 0. The van der Waals surface area contributed by atoms with Gasteiger partial charge in [-0.25, -0.2) is 9.13 Å². The van der Waals surface area contributed by atoms with Gasteiger partial charge in [-0.15, -0.1) is 5.11 Å². The van der Waals surface area contributed by atoms with E-state index in [0.29, 0.717) is 5.84 Å². The third-order valence-electron chi connectivity index (χ3n) is 6.66. The molecule has 6 heteroatoms. The summed E-state index contributed by atoms with van der Waals surface area (Å²) in [5.41, 5.74) is 9.51. The highest BCUT2D eigenvalue weighted by molar-refractivity contribution is 6.00. The molecule has 1 unspecified atom stereocenters. The summed E-state index contributed by atoms with van der Waals surface area (Å²) < 4.78 is 4.38. The molecule has 1 saturated carbocycles. The third kappa shape index (κ3) is 2.85. The summed E-state index contributed by atoms with van der Waals surface area (Å²) in [7, 11) is 4.19. The Balaban J connectivity index is 1.72. The molecular weight excluding hydrogens is 384 g/mol. The van der Waals surface area contributed by atoms with Crippen molar-refractivity contribution >= 4 is 5.84 Å². The van der Waals surface area contributed by atoms with E-state index < -0.39 is 5.66 Å². The molecule has 2 heterocycles. The van der Waals surface area contributed by atoms with Gasteiger partial charge in [0, 0.05) is 5.56 Å². The maximum absolute atomic E-state index is 5.01. The van der Waals surface area contributed by atoms with Crippen molar-refractivity contribution in [1.82, 2.24) is 4.57 Å². The number of hydrogen-bond donors (Lipinski definition) is 0. The summed E-state index contributed by atoms with van der Waals surface area (Å²) in [6.07, 6.45) is 6.17. The van der Waals surface area contributed by atoms with Crippen molar-refractivity contribution in [2.45, 2.75) is 44.7 Å². The number of benzene rings is 2. The van der Waals surface area contributed by atoms with Gasteiger partial charge in [0.25, 0.3) is 5.82 Å². The topological polar surface area (TPSA) is 60.0 Å². The molecule has 0 saturated heterocycles. The number of aromatic nitrogens is 2. The van der Waals surface area contributed by atoms with E-state index in [1.165, 1.54) is 22.5 Å². The van der Waals surface area contributed by atoms with E-state index in [1.807, 2.05) is 30.3 Å². The minimum atomic E-state index is -0.878. The Hall–Kier alpha value is -3.28. The molecule has 1 aliphatic heterocycles. The molecule has 3 aromatic rings. The first-order valence-corrected chi connectivity index (χ1v) is 10.8. The zero-order valence-corrected chi connectivity index (χ0v) is 18.8. The van der Waals surface area contributed by atoms with E-state index in [2.05, 4.69) is 78.7 Å². The summed E-state index contributed by atoms with van der Waals surface area (Å²) in [5, 5.41) is 14.4. The SMILES string of the molecule is Cc1cc(C)c(C2(C3(c4n(C)cc[n+]4C)CC3)N=NC(c3ccccc3)=N[N-]2)c(C)c1. The molecule has 0 bridgehead atoms. The first kappa shape index (κ1) is 19.7. The molecule has 1 aliphatic carbocycles. The minimum absolute atomic E-state index is 0.278. The van der Waals surface area contributed by atoms with E-state index in [9.17, 15) is 0 Å². The number of hydrogen-bond acceptors (Lipinski definition) is 3. The standard InChI is InChI=1S/C25H28N6/c1-17-15-18(2)21(19(3)16-17)25(24(11-12-24)23-30(4)13-14-31(23)5)28-26-22(27-29-25)20-9-7-6-8-10-20/h6-10,13-16H,11-12H2,1-5H3. The number of imidazole rings is 1.